The molecule has 0 bridgehead atoms. The summed E-state index contributed by atoms with van der Waals surface area (Å²) in [6, 6.07) is 0. The molecule has 0 aromatic carbocycles. The molecule has 1 fully saturated rings. The van der Waals surface area contributed by atoms with Crippen molar-refractivity contribution in [3.63, 3.8) is 0 Å². The average molecular weight is 208 g/mol. The molecule has 2 rings (SSSR count). The molecule has 1 aliphatic carbocycles. The van der Waals surface area contributed by atoms with Crippen molar-refractivity contribution >= 4 is 23.3 Å². The van der Waals surface area contributed by atoms with Gasteiger partial charge in [-0.25, -0.2) is 4.79 Å². The number of carbonyl (C=O) groups excluding carboxylic acids is 1. The average Bonchev–Trinajstić information content (AvgIpc) is 2.68. The third-order valence-electron chi connectivity index (χ3n) is 2.72. The van der Waals surface area contributed by atoms with Gasteiger partial charge in [0.1, 0.15) is 5.69 Å². The van der Waals surface area contributed by atoms with E-state index in [1.165, 1.54) is 48.5 Å². The van der Waals surface area contributed by atoms with Gasteiger partial charge < -0.3 is 0 Å². The Labute approximate surface area is 87.0 Å². The van der Waals surface area contributed by atoms with Gasteiger partial charge in [0.05, 0.1) is 11.1 Å². The number of aliphatic imine (C=N–C) groups is 1. The highest BCUT2D eigenvalue weighted by Crippen LogP contribution is 2.39. The summed E-state index contributed by atoms with van der Waals surface area (Å²) in [5.41, 5.74) is 0.733. The van der Waals surface area contributed by atoms with Crippen molar-refractivity contribution in [3.05, 3.63) is 11.1 Å². The molecular formula is C10H12N2OS. The molecule has 74 valence electrons. The highest BCUT2D eigenvalue weighted by Gasteiger charge is 2.20. The third kappa shape index (κ3) is 1.91. The van der Waals surface area contributed by atoms with E-state index < -0.39 is 0 Å². The molecule has 4 heteroatoms. The molecule has 0 radical (unpaired) electrons. The number of nitrogens with zero attached hydrogens (tertiary/aromatic N) is 2. The Bertz CT molecular complexity index is 349. The summed E-state index contributed by atoms with van der Waals surface area (Å²) in [6.07, 6.45) is 9.59. The van der Waals surface area contributed by atoms with Crippen LogP contribution in [0.25, 0.3) is 0 Å². The predicted octanol–water partition coefficient (Wildman–Crippen LogP) is 3.16. The van der Waals surface area contributed by atoms with Crippen molar-refractivity contribution < 1.29 is 4.79 Å². The van der Waals surface area contributed by atoms with Gasteiger partial charge in [-0.05, 0) is 30.3 Å². The minimum absolute atomic E-state index is 0.573. The Morgan fingerprint density at radius 3 is 2.93 bits per heavy atom. The normalized spacial score (nSPS) is 17.7. The van der Waals surface area contributed by atoms with Crippen LogP contribution in [0.4, 0.5) is 5.69 Å². The van der Waals surface area contributed by atoms with Crippen LogP contribution >= 0.6 is 11.5 Å². The molecule has 3 nitrogen and oxygen atoms in total. The zero-order chi connectivity index (χ0) is 9.80. The Morgan fingerprint density at radius 2 is 2.21 bits per heavy atom. The van der Waals surface area contributed by atoms with E-state index in [-0.39, 0.29) is 0 Å². The van der Waals surface area contributed by atoms with E-state index in [4.69, 9.17) is 0 Å². The van der Waals surface area contributed by atoms with Crippen LogP contribution in [0, 0.1) is 0 Å². The summed E-state index contributed by atoms with van der Waals surface area (Å²) in [6.45, 7) is 0. The molecule has 0 N–H and O–H groups in total. The number of hydrogen-bond donors (Lipinski definition) is 0. The maximum atomic E-state index is 10.2. The van der Waals surface area contributed by atoms with Crippen molar-refractivity contribution in [2.75, 3.05) is 0 Å². The van der Waals surface area contributed by atoms with Gasteiger partial charge in [-0.15, -0.1) is 0 Å². The molecule has 0 saturated heterocycles. The fraction of sp³-hybridized carbons (Fsp3) is 0.600. The van der Waals surface area contributed by atoms with Crippen LogP contribution < -0.4 is 0 Å². The van der Waals surface area contributed by atoms with Crippen LogP contribution in [-0.2, 0) is 4.79 Å². The van der Waals surface area contributed by atoms with E-state index in [1.54, 1.807) is 12.3 Å². The topological polar surface area (TPSA) is 42.3 Å². The first-order valence-corrected chi connectivity index (χ1v) is 5.71. The lowest BCUT2D eigenvalue weighted by molar-refractivity contribution is 0.448. The second kappa shape index (κ2) is 4.49. The Morgan fingerprint density at radius 1 is 1.43 bits per heavy atom. The SMILES string of the molecule is O=C=Nc1cnsc1C1CCCCC1. The standard InChI is InChI=1S/C10H12N2OS/c13-7-11-9-6-12-14-10(9)8-4-2-1-3-5-8/h6,8H,1-5H2. The molecule has 1 aromatic heterocycles. The van der Waals surface area contributed by atoms with E-state index in [0.717, 1.165) is 5.69 Å². The zero-order valence-electron chi connectivity index (χ0n) is 7.90. The Kier molecular flexibility index (Phi) is 3.07. The second-order valence-corrected chi connectivity index (χ2v) is 4.45. The Balaban J connectivity index is 2.21. The molecule has 0 aliphatic heterocycles. The molecule has 1 aliphatic rings. The van der Waals surface area contributed by atoms with E-state index >= 15 is 0 Å². The maximum absolute atomic E-state index is 10.2. The van der Waals surface area contributed by atoms with Crippen molar-refractivity contribution in [2.24, 2.45) is 4.99 Å². The van der Waals surface area contributed by atoms with Gasteiger partial charge in [0.25, 0.3) is 0 Å². The van der Waals surface area contributed by atoms with Crippen molar-refractivity contribution in [2.45, 2.75) is 38.0 Å². The van der Waals surface area contributed by atoms with Gasteiger partial charge >= 0.3 is 0 Å². The van der Waals surface area contributed by atoms with Gasteiger partial charge in [-0.3, -0.25) is 0 Å². The minimum Gasteiger partial charge on any atom is -0.211 e. The first-order chi connectivity index (χ1) is 6.92. The summed E-state index contributed by atoms with van der Waals surface area (Å²) < 4.78 is 4.08. The second-order valence-electron chi connectivity index (χ2n) is 3.61. The van der Waals surface area contributed by atoms with E-state index in [0.29, 0.717) is 5.92 Å². The Hall–Kier alpha value is -0.990. The van der Waals surface area contributed by atoms with Crippen LogP contribution in [0.3, 0.4) is 0 Å². The lowest BCUT2D eigenvalue weighted by Crippen LogP contribution is -2.02. The number of hydrogen-bond acceptors (Lipinski definition) is 4. The van der Waals surface area contributed by atoms with Crippen LogP contribution in [0.15, 0.2) is 11.2 Å². The van der Waals surface area contributed by atoms with Crippen molar-refractivity contribution in [1.82, 2.24) is 4.37 Å². The van der Waals surface area contributed by atoms with Crippen LogP contribution in [0.2, 0.25) is 0 Å². The fourth-order valence-corrected chi connectivity index (χ4v) is 2.87. The molecule has 0 unspecified atom stereocenters. The number of rotatable bonds is 2. The first-order valence-electron chi connectivity index (χ1n) is 4.94. The van der Waals surface area contributed by atoms with Gasteiger partial charge in [-0.2, -0.15) is 9.37 Å². The lowest BCUT2D eigenvalue weighted by atomic mass is 9.88. The molecular weight excluding hydrogens is 196 g/mol. The van der Waals surface area contributed by atoms with E-state index in [9.17, 15) is 4.79 Å². The smallest absolute Gasteiger partial charge is 0.211 e. The molecule has 1 aromatic rings. The quantitative estimate of drug-likeness (QED) is 0.553. The van der Waals surface area contributed by atoms with E-state index in [1.807, 2.05) is 0 Å². The van der Waals surface area contributed by atoms with Crippen LogP contribution in [-0.4, -0.2) is 10.5 Å². The van der Waals surface area contributed by atoms with E-state index in [2.05, 4.69) is 9.37 Å². The fourth-order valence-electron chi connectivity index (χ4n) is 2.03. The maximum Gasteiger partial charge on any atom is 0.240 e. The number of isocyanates is 1. The van der Waals surface area contributed by atoms with Crippen LogP contribution in [0.5, 0.6) is 0 Å². The highest BCUT2D eigenvalue weighted by atomic mass is 32.1. The summed E-state index contributed by atoms with van der Waals surface area (Å²) in [5.74, 6) is 0.573. The van der Waals surface area contributed by atoms with Gasteiger partial charge in [0.2, 0.25) is 6.08 Å². The van der Waals surface area contributed by atoms with Crippen molar-refractivity contribution in [3.8, 4) is 0 Å². The van der Waals surface area contributed by atoms with Gasteiger partial charge in [0.15, 0.2) is 0 Å². The molecule has 14 heavy (non-hydrogen) atoms. The highest BCUT2D eigenvalue weighted by molar-refractivity contribution is 7.06. The summed E-state index contributed by atoms with van der Waals surface area (Å²) in [7, 11) is 0. The summed E-state index contributed by atoms with van der Waals surface area (Å²) >= 11 is 1.47. The molecule has 0 spiro atoms. The monoisotopic (exact) mass is 208 g/mol. The van der Waals surface area contributed by atoms with Gasteiger partial charge in [0, 0.05) is 0 Å². The predicted molar refractivity (Wildman–Crippen MR) is 55.7 cm³/mol. The number of aromatic nitrogens is 1. The van der Waals surface area contributed by atoms with Gasteiger partial charge in [-0.1, -0.05) is 19.3 Å². The molecule has 1 saturated carbocycles. The zero-order valence-corrected chi connectivity index (χ0v) is 8.72. The first kappa shape index (κ1) is 9.56. The van der Waals surface area contributed by atoms with Crippen molar-refractivity contribution in [1.29, 1.82) is 0 Å². The summed E-state index contributed by atoms with van der Waals surface area (Å²) in [4.78, 5) is 15.1. The third-order valence-corrected chi connectivity index (χ3v) is 3.67. The molecule has 0 amide bonds. The van der Waals surface area contributed by atoms with Crippen LogP contribution in [0.1, 0.15) is 42.9 Å². The largest absolute Gasteiger partial charge is 0.240 e. The molecule has 1 heterocycles. The lowest BCUT2D eigenvalue weighted by Gasteiger charge is -2.19. The molecule has 0 atom stereocenters. The summed E-state index contributed by atoms with van der Waals surface area (Å²) in [5, 5.41) is 0. The minimum atomic E-state index is 0.573.